The van der Waals surface area contributed by atoms with Gasteiger partial charge in [-0.2, -0.15) is 0 Å². The zero-order valence-corrected chi connectivity index (χ0v) is 21.4. The van der Waals surface area contributed by atoms with E-state index in [1.54, 1.807) is 0 Å². The van der Waals surface area contributed by atoms with Crippen LogP contribution in [0.5, 0.6) is 0 Å². The molecule has 3 aromatic carbocycles. The standard InChI is InChI=1S/C31H36N4O2/c36-30(32-17-8-18-34-20-16-24-9-4-5-10-27(24)22-34)26-12-6-11-25(21-26)28-13-7-19-35(23-28)31(37)33-29-14-2-1-3-15-29/h1-6,9-12,14-15,21,28H,7-8,13,16-20,22-23H2,(H,32,36)(H,33,37)/t28-/m1/s1. The van der Waals surface area contributed by atoms with Crippen LogP contribution in [0.15, 0.2) is 78.9 Å². The van der Waals surface area contributed by atoms with Crippen LogP contribution in [0.2, 0.25) is 0 Å². The van der Waals surface area contributed by atoms with Crippen molar-refractivity contribution in [3.8, 4) is 0 Å². The summed E-state index contributed by atoms with van der Waals surface area (Å²) in [6.45, 7) is 5.12. The van der Waals surface area contributed by atoms with Crippen LogP contribution in [0, 0.1) is 0 Å². The van der Waals surface area contributed by atoms with Gasteiger partial charge in [0.15, 0.2) is 0 Å². The number of nitrogens with one attached hydrogen (secondary N) is 2. The van der Waals surface area contributed by atoms with Crippen LogP contribution in [0.4, 0.5) is 10.5 Å². The molecule has 1 saturated heterocycles. The number of rotatable bonds is 7. The molecule has 0 radical (unpaired) electrons. The summed E-state index contributed by atoms with van der Waals surface area (Å²) in [5.74, 6) is 0.199. The van der Waals surface area contributed by atoms with E-state index in [2.05, 4.69) is 45.9 Å². The lowest BCUT2D eigenvalue weighted by molar-refractivity contribution is 0.0951. The second-order valence-corrected chi connectivity index (χ2v) is 10.1. The highest BCUT2D eigenvalue weighted by atomic mass is 16.2. The van der Waals surface area contributed by atoms with E-state index in [0.29, 0.717) is 18.7 Å². The Balaban J connectivity index is 1.10. The highest BCUT2D eigenvalue weighted by Gasteiger charge is 2.25. The van der Waals surface area contributed by atoms with Crippen LogP contribution in [-0.4, -0.2) is 54.5 Å². The van der Waals surface area contributed by atoms with Gasteiger partial charge < -0.3 is 15.5 Å². The van der Waals surface area contributed by atoms with Gasteiger partial charge in [0.1, 0.15) is 0 Å². The Morgan fingerprint density at radius 3 is 2.57 bits per heavy atom. The molecule has 1 atom stereocenters. The number of benzene rings is 3. The second kappa shape index (κ2) is 12.1. The first-order valence-corrected chi connectivity index (χ1v) is 13.4. The van der Waals surface area contributed by atoms with Gasteiger partial charge >= 0.3 is 6.03 Å². The molecule has 0 spiro atoms. The maximum absolute atomic E-state index is 12.9. The van der Waals surface area contributed by atoms with Crippen LogP contribution >= 0.6 is 0 Å². The summed E-state index contributed by atoms with van der Waals surface area (Å²) >= 11 is 0. The van der Waals surface area contributed by atoms with Crippen molar-refractivity contribution in [1.29, 1.82) is 0 Å². The van der Waals surface area contributed by atoms with Gasteiger partial charge in [-0.15, -0.1) is 0 Å². The summed E-state index contributed by atoms with van der Waals surface area (Å²) in [6, 6.07) is 26.1. The zero-order valence-electron chi connectivity index (χ0n) is 21.4. The Morgan fingerprint density at radius 1 is 0.892 bits per heavy atom. The van der Waals surface area contributed by atoms with E-state index in [9.17, 15) is 9.59 Å². The Morgan fingerprint density at radius 2 is 1.70 bits per heavy atom. The summed E-state index contributed by atoms with van der Waals surface area (Å²) in [5.41, 5.74) is 5.50. The lowest BCUT2D eigenvalue weighted by Crippen LogP contribution is -2.41. The van der Waals surface area contributed by atoms with Crippen molar-refractivity contribution in [1.82, 2.24) is 15.1 Å². The van der Waals surface area contributed by atoms with Crippen molar-refractivity contribution >= 4 is 17.6 Å². The van der Waals surface area contributed by atoms with Crippen LogP contribution < -0.4 is 10.6 Å². The minimum Gasteiger partial charge on any atom is -0.352 e. The number of carbonyl (C=O) groups is 2. The molecule has 6 nitrogen and oxygen atoms in total. The molecule has 0 aliphatic carbocycles. The van der Waals surface area contributed by atoms with E-state index in [1.165, 1.54) is 11.1 Å². The first kappa shape index (κ1) is 25.0. The first-order chi connectivity index (χ1) is 18.2. The molecule has 2 N–H and O–H groups in total. The molecule has 0 aromatic heterocycles. The predicted molar refractivity (Wildman–Crippen MR) is 148 cm³/mol. The molecule has 3 amide bonds. The Kier molecular flexibility index (Phi) is 8.16. The molecule has 0 unspecified atom stereocenters. The molecule has 1 fully saturated rings. The molecule has 2 heterocycles. The largest absolute Gasteiger partial charge is 0.352 e. The van der Waals surface area contributed by atoms with Crippen molar-refractivity contribution < 1.29 is 9.59 Å². The zero-order chi connectivity index (χ0) is 25.5. The minimum absolute atomic E-state index is 0.0275. The number of nitrogens with zero attached hydrogens (tertiary/aromatic N) is 2. The lowest BCUT2D eigenvalue weighted by atomic mass is 9.89. The monoisotopic (exact) mass is 496 g/mol. The molecule has 2 aliphatic rings. The number of urea groups is 1. The van der Waals surface area contributed by atoms with Crippen LogP contribution in [-0.2, 0) is 13.0 Å². The quantitative estimate of drug-likeness (QED) is 0.438. The van der Waals surface area contributed by atoms with Gasteiger partial charge in [0, 0.05) is 56.4 Å². The highest BCUT2D eigenvalue weighted by molar-refractivity contribution is 5.94. The fraction of sp³-hybridized carbons (Fsp3) is 0.355. The van der Waals surface area contributed by atoms with Gasteiger partial charge in [-0.1, -0.05) is 54.6 Å². The van der Waals surface area contributed by atoms with E-state index >= 15 is 0 Å². The van der Waals surface area contributed by atoms with Crippen molar-refractivity contribution in [2.45, 2.75) is 38.1 Å². The number of amides is 3. The SMILES string of the molecule is O=C(NCCCN1CCc2ccccc2C1)c1cccc([C@@H]2CCCN(C(=O)Nc3ccccc3)C2)c1. The van der Waals surface area contributed by atoms with Crippen molar-refractivity contribution in [3.63, 3.8) is 0 Å². The summed E-state index contributed by atoms with van der Waals surface area (Å²) in [6.07, 6.45) is 3.99. The third kappa shape index (κ3) is 6.57. The molecule has 37 heavy (non-hydrogen) atoms. The molecule has 3 aromatic rings. The minimum atomic E-state index is -0.0676. The fourth-order valence-corrected chi connectivity index (χ4v) is 5.44. The van der Waals surface area contributed by atoms with Gasteiger partial charge in [-0.25, -0.2) is 4.79 Å². The second-order valence-electron chi connectivity index (χ2n) is 10.1. The number of piperidine rings is 1. The van der Waals surface area contributed by atoms with Gasteiger partial charge in [0.2, 0.25) is 0 Å². The van der Waals surface area contributed by atoms with Crippen molar-refractivity contribution in [2.75, 3.05) is 38.0 Å². The van der Waals surface area contributed by atoms with E-state index in [0.717, 1.165) is 63.1 Å². The number of likely N-dealkylation sites (tertiary alicyclic amines) is 1. The molecule has 5 rings (SSSR count). The number of hydrogen-bond acceptors (Lipinski definition) is 3. The molecular formula is C31H36N4O2. The van der Waals surface area contributed by atoms with Crippen LogP contribution in [0.25, 0.3) is 0 Å². The Hall–Kier alpha value is -3.64. The normalized spacial score (nSPS) is 17.6. The van der Waals surface area contributed by atoms with Gasteiger partial charge in [-0.3, -0.25) is 9.69 Å². The van der Waals surface area contributed by atoms with Gasteiger partial charge in [0.25, 0.3) is 5.91 Å². The maximum Gasteiger partial charge on any atom is 0.321 e. The van der Waals surface area contributed by atoms with Gasteiger partial charge in [-0.05, 0) is 66.6 Å². The van der Waals surface area contributed by atoms with Crippen molar-refractivity contribution in [3.05, 3.63) is 101 Å². The average Bonchev–Trinajstić information content (AvgIpc) is 2.96. The number of carbonyl (C=O) groups excluding carboxylic acids is 2. The third-order valence-electron chi connectivity index (χ3n) is 7.50. The molecule has 0 saturated carbocycles. The summed E-state index contributed by atoms with van der Waals surface area (Å²) < 4.78 is 0. The van der Waals surface area contributed by atoms with Crippen LogP contribution in [0.1, 0.15) is 52.2 Å². The maximum atomic E-state index is 12.9. The molecule has 192 valence electrons. The predicted octanol–water partition coefficient (Wildman–Crippen LogP) is 5.28. The van der Waals surface area contributed by atoms with Crippen molar-refractivity contribution in [2.24, 2.45) is 0 Å². The lowest BCUT2D eigenvalue weighted by Gasteiger charge is -2.33. The third-order valence-corrected chi connectivity index (χ3v) is 7.50. The number of anilines is 1. The molecule has 6 heteroatoms. The molecular weight excluding hydrogens is 460 g/mol. The topological polar surface area (TPSA) is 64.7 Å². The molecule has 2 aliphatic heterocycles. The van der Waals surface area contributed by atoms with Gasteiger partial charge in [0.05, 0.1) is 0 Å². The Bertz CT molecular complexity index is 1210. The Labute approximate surface area is 219 Å². The van der Waals surface area contributed by atoms with E-state index in [1.807, 2.05) is 53.4 Å². The number of hydrogen-bond donors (Lipinski definition) is 2. The molecule has 0 bridgehead atoms. The summed E-state index contributed by atoms with van der Waals surface area (Å²) in [7, 11) is 0. The van der Waals surface area contributed by atoms with E-state index in [-0.39, 0.29) is 17.9 Å². The highest BCUT2D eigenvalue weighted by Crippen LogP contribution is 2.28. The van der Waals surface area contributed by atoms with E-state index in [4.69, 9.17) is 0 Å². The smallest absolute Gasteiger partial charge is 0.321 e. The number of para-hydroxylation sites is 1. The van der Waals surface area contributed by atoms with Crippen LogP contribution in [0.3, 0.4) is 0 Å². The summed E-state index contributed by atoms with van der Waals surface area (Å²) in [4.78, 5) is 30.0. The first-order valence-electron chi connectivity index (χ1n) is 13.4. The number of fused-ring (bicyclic) bond motifs is 1. The summed E-state index contributed by atoms with van der Waals surface area (Å²) in [5, 5.41) is 6.09. The average molecular weight is 497 g/mol. The fourth-order valence-electron chi connectivity index (χ4n) is 5.44. The van der Waals surface area contributed by atoms with E-state index < -0.39 is 0 Å².